The molecule has 1 heterocycles. The molecule has 3 heteroatoms. The van der Waals surface area contributed by atoms with Crippen LogP contribution in [-0.4, -0.2) is 32.0 Å². The first-order valence-corrected chi connectivity index (χ1v) is 3.25. The van der Waals surface area contributed by atoms with E-state index in [0.717, 1.165) is 0 Å². The van der Waals surface area contributed by atoms with Crippen molar-refractivity contribution in [3.8, 4) is 12.3 Å². The molecule has 0 aliphatic carbocycles. The van der Waals surface area contributed by atoms with Crippen molar-refractivity contribution in [2.45, 2.75) is 12.1 Å². The maximum Gasteiger partial charge on any atom is 0.107 e. The van der Waals surface area contributed by atoms with Gasteiger partial charge < -0.3 is 15.2 Å². The maximum absolute atomic E-state index is 5.51. The summed E-state index contributed by atoms with van der Waals surface area (Å²) in [5.41, 5.74) is 5.51. The zero-order valence-corrected chi connectivity index (χ0v) is 5.75. The summed E-state index contributed by atoms with van der Waals surface area (Å²) in [6.45, 7) is 1.76. The predicted octanol–water partition coefficient (Wildman–Crippen LogP) is -0.638. The zero-order valence-electron chi connectivity index (χ0n) is 5.75. The van der Waals surface area contributed by atoms with Crippen LogP contribution in [0.25, 0.3) is 0 Å². The smallest absolute Gasteiger partial charge is 0.107 e. The van der Waals surface area contributed by atoms with Crippen LogP contribution in [0.2, 0.25) is 0 Å². The minimum absolute atomic E-state index is 0.112. The van der Waals surface area contributed by atoms with Crippen molar-refractivity contribution in [3.05, 3.63) is 0 Å². The lowest BCUT2D eigenvalue weighted by Gasteiger charge is -2.24. The Bertz CT molecular complexity index is 135. The Morgan fingerprint density at radius 1 is 1.60 bits per heavy atom. The van der Waals surface area contributed by atoms with Gasteiger partial charge in [-0.15, -0.1) is 6.42 Å². The summed E-state index contributed by atoms with van der Waals surface area (Å²) in [6.07, 6.45) is 4.98. The summed E-state index contributed by atoms with van der Waals surface area (Å²) in [7, 11) is 0. The molecule has 0 amide bonds. The first-order chi connectivity index (χ1) is 4.84. The van der Waals surface area contributed by atoms with E-state index < -0.39 is 0 Å². The Balaban J connectivity index is 2.33. The third-order valence-electron chi connectivity index (χ3n) is 1.43. The standard InChI is InChI=1S/C7H11NO2/c1-2-6(8)7-5-9-3-4-10-7/h1,6-7H,3-5,8H2. The quantitative estimate of drug-likeness (QED) is 0.494. The highest BCUT2D eigenvalue weighted by Crippen LogP contribution is 2.02. The average molecular weight is 141 g/mol. The Hall–Kier alpha value is -0.560. The van der Waals surface area contributed by atoms with E-state index >= 15 is 0 Å². The molecule has 2 N–H and O–H groups in total. The molecule has 0 aromatic heterocycles. The molecule has 3 nitrogen and oxygen atoms in total. The Kier molecular flexibility index (Phi) is 2.69. The molecular formula is C7H11NO2. The van der Waals surface area contributed by atoms with Crippen molar-refractivity contribution in [3.63, 3.8) is 0 Å². The van der Waals surface area contributed by atoms with E-state index in [1.807, 2.05) is 0 Å². The van der Waals surface area contributed by atoms with Gasteiger partial charge in [-0.25, -0.2) is 0 Å². The van der Waals surface area contributed by atoms with Crippen LogP contribution >= 0.6 is 0 Å². The van der Waals surface area contributed by atoms with Crippen molar-refractivity contribution < 1.29 is 9.47 Å². The monoisotopic (exact) mass is 141 g/mol. The van der Waals surface area contributed by atoms with E-state index in [0.29, 0.717) is 19.8 Å². The van der Waals surface area contributed by atoms with E-state index in [9.17, 15) is 0 Å². The molecule has 2 atom stereocenters. The first kappa shape index (κ1) is 7.55. The Morgan fingerprint density at radius 3 is 2.90 bits per heavy atom. The molecule has 0 saturated carbocycles. The van der Waals surface area contributed by atoms with Crippen molar-refractivity contribution in [1.29, 1.82) is 0 Å². The minimum atomic E-state index is -0.333. The second kappa shape index (κ2) is 3.57. The van der Waals surface area contributed by atoms with E-state index in [-0.39, 0.29) is 12.1 Å². The molecule has 56 valence electrons. The molecule has 1 rings (SSSR count). The molecular weight excluding hydrogens is 130 g/mol. The molecule has 1 fully saturated rings. The van der Waals surface area contributed by atoms with Gasteiger partial charge in [-0.3, -0.25) is 0 Å². The van der Waals surface area contributed by atoms with Crippen molar-refractivity contribution in [2.75, 3.05) is 19.8 Å². The van der Waals surface area contributed by atoms with Crippen LogP contribution < -0.4 is 5.73 Å². The average Bonchev–Trinajstić information content (AvgIpc) is 2.05. The lowest BCUT2D eigenvalue weighted by Crippen LogP contribution is -2.42. The Morgan fingerprint density at radius 2 is 2.40 bits per heavy atom. The van der Waals surface area contributed by atoms with Crippen LogP contribution in [0.3, 0.4) is 0 Å². The number of rotatable bonds is 1. The van der Waals surface area contributed by atoms with Gasteiger partial charge in [0.05, 0.1) is 25.9 Å². The topological polar surface area (TPSA) is 44.5 Å². The summed E-state index contributed by atoms with van der Waals surface area (Å²) in [5, 5.41) is 0. The number of hydrogen-bond donors (Lipinski definition) is 1. The van der Waals surface area contributed by atoms with Crippen LogP contribution in [0, 0.1) is 12.3 Å². The van der Waals surface area contributed by atoms with Crippen molar-refractivity contribution in [1.82, 2.24) is 0 Å². The summed E-state index contributed by atoms with van der Waals surface area (Å²) in [5.74, 6) is 2.41. The highest BCUT2D eigenvalue weighted by atomic mass is 16.6. The van der Waals surface area contributed by atoms with Gasteiger partial charge in [-0.2, -0.15) is 0 Å². The fourth-order valence-corrected chi connectivity index (χ4v) is 0.821. The van der Waals surface area contributed by atoms with Gasteiger partial charge in [0, 0.05) is 0 Å². The number of terminal acetylenes is 1. The molecule has 0 bridgehead atoms. The van der Waals surface area contributed by atoms with E-state index in [1.54, 1.807) is 0 Å². The van der Waals surface area contributed by atoms with Crippen molar-refractivity contribution in [2.24, 2.45) is 5.73 Å². The zero-order chi connectivity index (χ0) is 7.40. The van der Waals surface area contributed by atoms with Crippen molar-refractivity contribution >= 4 is 0 Å². The largest absolute Gasteiger partial charge is 0.376 e. The number of ether oxygens (including phenoxy) is 2. The molecule has 1 saturated heterocycles. The van der Waals surface area contributed by atoms with Gasteiger partial charge in [0.25, 0.3) is 0 Å². The third kappa shape index (κ3) is 1.71. The van der Waals surface area contributed by atoms with Crippen LogP contribution in [0.5, 0.6) is 0 Å². The van der Waals surface area contributed by atoms with E-state index in [4.69, 9.17) is 21.6 Å². The summed E-state index contributed by atoms with van der Waals surface area (Å²) in [6, 6.07) is -0.333. The Labute approximate surface area is 60.5 Å². The number of hydrogen-bond acceptors (Lipinski definition) is 3. The molecule has 0 spiro atoms. The molecule has 1 aliphatic rings. The van der Waals surface area contributed by atoms with Gasteiger partial charge >= 0.3 is 0 Å². The minimum Gasteiger partial charge on any atom is -0.376 e. The van der Waals surface area contributed by atoms with E-state index in [2.05, 4.69) is 5.92 Å². The fourth-order valence-electron chi connectivity index (χ4n) is 0.821. The SMILES string of the molecule is C#CC(N)C1COCCO1. The number of nitrogens with two attached hydrogens (primary N) is 1. The molecule has 1 aliphatic heterocycles. The first-order valence-electron chi connectivity index (χ1n) is 3.25. The maximum atomic E-state index is 5.51. The van der Waals surface area contributed by atoms with Gasteiger partial charge in [-0.05, 0) is 0 Å². The summed E-state index contributed by atoms with van der Waals surface area (Å²) in [4.78, 5) is 0. The summed E-state index contributed by atoms with van der Waals surface area (Å²) >= 11 is 0. The second-order valence-electron chi connectivity index (χ2n) is 2.18. The van der Waals surface area contributed by atoms with Crippen LogP contribution in [0.15, 0.2) is 0 Å². The van der Waals surface area contributed by atoms with Crippen LogP contribution in [-0.2, 0) is 9.47 Å². The van der Waals surface area contributed by atoms with Gasteiger partial charge in [-0.1, -0.05) is 5.92 Å². The van der Waals surface area contributed by atoms with Gasteiger partial charge in [0.15, 0.2) is 0 Å². The lowest BCUT2D eigenvalue weighted by atomic mass is 10.2. The molecule has 2 unspecified atom stereocenters. The predicted molar refractivity (Wildman–Crippen MR) is 37.4 cm³/mol. The van der Waals surface area contributed by atoms with Gasteiger partial charge in [0.1, 0.15) is 6.10 Å². The van der Waals surface area contributed by atoms with Crippen LogP contribution in [0.4, 0.5) is 0 Å². The highest BCUT2D eigenvalue weighted by molar-refractivity contribution is 5.01. The lowest BCUT2D eigenvalue weighted by molar-refractivity contribution is -0.0907. The van der Waals surface area contributed by atoms with Crippen LogP contribution in [0.1, 0.15) is 0 Å². The fraction of sp³-hybridized carbons (Fsp3) is 0.714. The molecule has 10 heavy (non-hydrogen) atoms. The van der Waals surface area contributed by atoms with E-state index in [1.165, 1.54) is 0 Å². The van der Waals surface area contributed by atoms with Gasteiger partial charge in [0.2, 0.25) is 0 Å². The molecule has 0 aromatic carbocycles. The third-order valence-corrected chi connectivity index (χ3v) is 1.43. The normalized spacial score (nSPS) is 29.0. The highest BCUT2D eigenvalue weighted by Gasteiger charge is 2.19. The molecule has 0 radical (unpaired) electrons. The molecule has 0 aromatic rings. The second-order valence-corrected chi connectivity index (χ2v) is 2.18. The summed E-state index contributed by atoms with van der Waals surface area (Å²) < 4.78 is 10.3.